The first-order chi connectivity index (χ1) is 17.6. The van der Waals surface area contributed by atoms with Gasteiger partial charge in [0.2, 0.25) is 5.91 Å². The van der Waals surface area contributed by atoms with Crippen LogP contribution in [0.5, 0.6) is 5.75 Å². The summed E-state index contributed by atoms with van der Waals surface area (Å²) in [6.07, 6.45) is 1.29. The zero-order valence-corrected chi connectivity index (χ0v) is 24.9. The predicted octanol–water partition coefficient (Wildman–Crippen LogP) is 6.71. The molecule has 3 aromatic rings. The van der Waals surface area contributed by atoms with Crippen LogP contribution in [0.2, 0.25) is 0 Å². The van der Waals surface area contributed by atoms with Crippen LogP contribution in [-0.4, -0.2) is 34.9 Å². The summed E-state index contributed by atoms with van der Waals surface area (Å²) in [6.45, 7) is 7.97. The second kappa shape index (κ2) is 13.2. The fourth-order valence-electron chi connectivity index (χ4n) is 3.94. The molecule has 0 radical (unpaired) electrons. The van der Waals surface area contributed by atoms with Crippen LogP contribution in [0, 0.1) is 0 Å². The van der Waals surface area contributed by atoms with Crippen molar-refractivity contribution in [2.24, 2.45) is 0 Å². The van der Waals surface area contributed by atoms with Gasteiger partial charge in [-0.3, -0.25) is 9.59 Å². The molecule has 0 saturated heterocycles. The Kier molecular flexibility index (Phi) is 10.4. The summed E-state index contributed by atoms with van der Waals surface area (Å²) < 4.78 is 7.65. The Morgan fingerprint density at radius 1 is 0.919 bits per heavy atom. The third-order valence-corrected chi connectivity index (χ3v) is 6.88. The van der Waals surface area contributed by atoms with E-state index >= 15 is 0 Å². The third-order valence-electron chi connectivity index (χ3n) is 5.77. The molecular weight excluding hydrogens is 596 g/mol. The molecule has 2 amide bonds. The van der Waals surface area contributed by atoms with Crippen LogP contribution >= 0.6 is 31.9 Å². The number of rotatable bonds is 10. The number of amides is 2. The first-order valence-electron chi connectivity index (χ1n) is 12.4. The van der Waals surface area contributed by atoms with E-state index in [0.717, 1.165) is 26.5 Å². The van der Waals surface area contributed by atoms with E-state index in [1.165, 1.54) is 5.56 Å². The first kappa shape index (κ1) is 28.9. The van der Waals surface area contributed by atoms with E-state index in [1.807, 2.05) is 93.6 Å². The molecule has 0 aliphatic rings. The van der Waals surface area contributed by atoms with Crippen molar-refractivity contribution < 1.29 is 14.3 Å². The second-order valence-corrected chi connectivity index (χ2v) is 11.8. The predicted molar refractivity (Wildman–Crippen MR) is 156 cm³/mol. The van der Waals surface area contributed by atoms with E-state index in [-0.39, 0.29) is 25.0 Å². The van der Waals surface area contributed by atoms with Crippen molar-refractivity contribution in [1.82, 2.24) is 10.2 Å². The average molecular weight is 630 g/mol. The lowest BCUT2D eigenvalue weighted by Gasteiger charge is -2.33. The molecule has 3 rings (SSSR count). The molecule has 7 heteroatoms. The number of nitrogens with one attached hydrogen (secondary N) is 1. The highest BCUT2D eigenvalue weighted by Crippen LogP contribution is 2.27. The van der Waals surface area contributed by atoms with Gasteiger partial charge in [0.15, 0.2) is 6.61 Å². The normalized spacial score (nSPS) is 12.1. The van der Waals surface area contributed by atoms with Gasteiger partial charge in [0.05, 0.1) is 4.47 Å². The summed E-state index contributed by atoms with van der Waals surface area (Å²) in [4.78, 5) is 29.0. The molecule has 0 saturated carbocycles. The zero-order chi connectivity index (χ0) is 27.0. The van der Waals surface area contributed by atoms with E-state index in [4.69, 9.17) is 4.74 Å². The summed E-state index contributed by atoms with van der Waals surface area (Å²) in [7, 11) is 0. The van der Waals surface area contributed by atoms with Crippen LogP contribution in [0.25, 0.3) is 0 Å². The summed E-state index contributed by atoms with van der Waals surface area (Å²) in [5.74, 6) is 0.122. The van der Waals surface area contributed by atoms with Crippen LogP contribution in [0.1, 0.15) is 44.4 Å². The first-order valence-corrected chi connectivity index (χ1v) is 14.0. The van der Waals surface area contributed by atoms with E-state index in [0.29, 0.717) is 12.2 Å². The van der Waals surface area contributed by atoms with Crippen molar-refractivity contribution in [1.29, 1.82) is 0 Å². The lowest BCUT2D eigenvalue weighted by Crippen LogP contribution is -2.55. The molecule has 1 atom stereocenters. The van der Waals surface area contributed by atoms with Gasteiger partial charge < -0.3 is 15.0 Å². The van der Waals surface area contributed by atoms with Crippen LogP contribution in [0.4, 0.5) is 0 Å². The topological polar surface area (TPSA) is 58.6 Å². The Balaban J connectivity index is 1.93. The summed E-state index contributed by atoms with van der Waals surface area (Å²) in [5.41, 5.74) is 2.61. The highest BCUT2D eigenvalue weighted by atomic mass is 79.9. The molecule has 0 aromatic heterocycles. The number of carbonyl (C=O) groups is 2. The minimum absolute atomic E-state index is 0.188. The second-order valence-electron chi connectivity index (χ2n) is 10.0. The Morgan fingerprint density at radius 3 is 2.24 bits per heavy atom. The van der Waals surface area contributed by atoms with Crippen molar-refractivity contribution >= 4 is 43.7 Å². The van der Waals surface area contributed by atoms with E-state index < -0.39 is 11.6 Å². The number of benzene rings is 3. The summed E-state index contributed by atoms with van der Waals surface area (Å²) in [5, 5.41) is 3.08. The molecule has 0 heterocycles. The standard InChI is InChI=1S/C30H34Br2N2O3/c1-5-21-14-15-27(25(32)17-21)37-20-28(35)34(19-23-12-9-13-24(31)16-23)26(29(36)33-30(2,3)4)18-22-10-7-6-8-11-22/h6-17,26H,5,18-20H2,1-4H3,(H,33,36). The fourth-order valence-corrected chi connectivity index (χ4v) is 4.93. The number of carbonyl (C=O) groups excluding carboxylic acids is 2. The van der Waals surface area contributed by atoms with Gasteiger partial charge in [-0.05, 0) is 84.1 Å². The van der Waals surface area contributed by atoms with Crippen LogP contribution < -0.4 is 10.1 Å². The Hall–Kier alpha value is -2.64. The Morgan fingerprint density at radius 2 is 1.62 bits per heavy atom. The van der Waals surface area contributed by atoms with Crippen molar-refractivity contribution in [3.05, 3.63) is 98.4 Å². The van der Waals surface area contributed by atoms with Gasteiger partial charge in [-0.1, -0.05) is 71.4 Å². The van der Waals surface area contributed by atoms with Crippen LogP contribution in [0.3, 0.4) is 0 Å². The Labute approximate surface area is 236 Å². The van der Waals surface area contributed by atoms with Gasteiger partial charge in [-0.2, -0.15) is 0 Å². The SMILES string of the molecule is CCc1ccc(OCC(=O)N(Cc2cccc(Br)c2)C(Cc2ccccc2)C(=O)NC(C)(C)C)c(Br)c1. The van der Waals surface area contributed by atoms with Crippen molar-refractivity contribution in [2.75, 3.05) is 6.61 Å². The molecule has 1 unspecified atom stereocenters. The maximum absolute atomic E-state index is 13.7. The molecule has 5 nitrogen and oxygen atoms in total. The summed E-state index contributed by atoms with van der Waals surface area (Å²) in [6, 6.07) is 22.7. The van der Waals surface area contributed by atoms with Crippen molar-refractivity contribution in [3.63, 3.8) is 0 Å². The van der Waals surface area contributed by atoms with Gasteiger partial charge in [0.1, 0.15) is 11.8 Å². The number of hydrogen-bond acceptors (Lipinski definition) is 3. The Bertz CT molecular complexity index is 1210. The molecule has 3 aromatic carbocycles. The molecule has 0 aliphatic heterocycles. The summed E-state index contributed by atoms with van der Waals surface area (Å²) >= 11 is 7.06. The van der Waals surface area contributed by atoms with Crippen LogP contribution in [-0.2, 0) is 29.0 Å². The molecule has 0 fully saturated rings. The number of halogens is 2. The molecular formula is C30H34Br2N2O3. The average Bonchev–Trinajstić information content (AvgIpc) is 2.84. The van der Waals surface area contributed by atoms with E-state index in [2.05, 4.69) is 44.1 Å². The minimum atomic E-state index is -0.720. The molecule has 37 heavy (non-hydrogen) atoms. The van der Waals surface area contributed by atoms with Crippen molar-refractivity contribution in [2.45, 2.75) is 58.7 Å². The van der Waals surface area contributed by atoms with Crippen molar-refractivity contribution in [3.8, 4) is 5.75 Å². The maximum atomic E-state index is 13.7. The quantitative estimate of drug-likeness (QED) is 0.271. The molecule has 0 aliphatic carbocycles. The van der Waals surface area contributed by atoms with Gasteiger partial charge in [-0.15, -0.1) is 0 Å². The zero-order valence-electron chi connectivity index (χ0n) is 21.8. The number of nitrogens with zero attached hydrogens (tertiary/aromatic N) is 1. The van der Waals surface area contributed by atoms with E-state index in [1.54, 1.807) is 4.90 Å². The maximum Gasteiger partial charge on any atom is 0.261 e. The van der Waals surface area contributed by atoms with Gasteiger partial charge in [0, 0.05) is 23.0 Å². The highest BCUT2D eigenvalue weighted by Gasteiger charge is 2.32. The van der Waals surface area contributed by atoms with Gasteiger partial charge in [-0.25, -0.2) is 0 Å². The monoisotopic (exact) mass is 628 g/mol. The van der Waals surface area contributed by atoms with Gasteiger partial charge >= 0.3 is 0 Å². The molecule has 0 bridgehead atoms. The minimum Gasteiger partial charge on any atom is -0.483 e. The smallest absolute Gasteiger partial charge is 0.261 e. The lowest BCUT2D eigenvalue weighted by molar-refractivity contribution is -0.143. The molecule has 196 valence electrons. The number of ether oxygens (including phenoxy) is 1. The lowest BCUT2D eigenvalue weighted by atomic mass is 10.0. The number of hydrogen-bond donors (Lipinski definition) is 1. The van der Waals surface area contributed by atoms with E-state index in [9.17, 15) is 9.59 Å². The third kappa shape index (κ3) is 9.00. The molecule has 0 spiro atoms. The molecule has 1 N–H and O–H groups in total. The van der Waals surface area contributed by atoms with Gasteiger partial charge in [0.25, 0.3) is 5.91 Å². The van der Waals surface area contributed by atoms with Crippen LogP contribution in [0.15, 0.2) is 81.7 Å². The fraction of sp³-hybridized carbons (Fsp3) is 0.333. The number of aryl methyl sites for hydroxylation is 1. The highest BCUT2D eigenvalue weighted by molar-refractivity contribution is 9.10. The largest absolute Gasteiger partial charge is 0.483 e.